The first-order valence-corrected chi connectivity index (χ1v) is 9.91. The molecule has 0 aliphatic carbocycles. The first-order valence-electron chi connectivity index (χ1n) is 9.91. The second-order valence-corrected chi connectivity index (χ2v) is 7.63. The molecule has 2 aromatic rings. The third-order valence-electron chi connectivity index (χ3n) is 6.00. The maximum atomic E-state index is 12.8. The number of rotatable bonds is 7. The molecule has 2 heterocycles. The van der Waals surface area contributed by atoms with Crippen molar-refractivity contribution in [3.63, 3.8) is 0 Å². The Balaban J connectivity index is 1.42. The predicted octanol–water partition coefficient (Wildman–Crippen LogP) is 3.20. The van der Waals surface area contributed by atoms with E-state index in [1.165, 1.54) is 11.1 Å². The molecule has 0 radical (unpaired) electrons. The number of aliphatic carboxylic acids is 1. The van der Waals surface area contributed by atoms with Gasteiger partial charge >= 0.3 is 5.97 Å². The third kappa shape index (κ3) is 3.67. The van der Waals surface area contributed by atoms with Crippen LogP contribution >= 0.6 is 0 Å². The van der Waals surface area contributed by atoms with Crippen molar-refractivity contribution < 1.29 is 19.4 Å². The molecule has 0 spiro atoms. The highest BCUT2D eigenvalue weighted by atomic mass is 16.5. The van der Waals surface area contributed by atoms with Crippen LogP contribution in [-0.2, 0) is 14.3 Å². The number of carboxylic acid groups (broad SMARTS) is 1. The first kappa shape index (κ1) is 18.7. The van der Waals surface area contributed by atoms with E-state index in [0.717, 1.165) is 19.3 Å². The van der Waals surface area contributed by atoms with E-state index in [-0.39, 0.29) is 24.0 Å². The average molecular weight is 379 g/mol. The zero-order chi connectivity index (χ0) is 19.5. The van der Waals surface area contributed by atoms with Gasteiger partial charge in [0.25, 0.3) is 0 Å². The highest BCUT2D eigenvalue weighted by Gasteiger charge is 2.55. The molecule has 28 heavy (non-hydrogen) atoms. The molecule has 4 atom stereocenters. The predicted molar refractivity (Wildman–Crippen MR) is 105 cm³/mol. The molecule has 2 bridgehead atoms. The zero-order valence-corrected chi connectivity index (χ0v) is 15.7. The van der Waals surface area contributed by atoms with E-state index < -0.39 is 17.8 Å². The Hall–Kier alpha value is -2.66. The van der Waals surface area contributed by atoms with Crippen LogP contribution in [0.4, 0.5) is 0 Å². The summed E-state index contributed by atoms with van der Waals surface area (Å²) in [6, 6.07) is 20.5. The number of carboxylic acids is 1. The molecule has 2 N–H and O–H groups in total. The Morgan fingerprint density at radius 2 is 1.46 bits per heavy atom. The van der Waals surface area contributed by atoms with Crippen LogP contribution in [0.1, 0.15) is 36.3 Å². The topological polar surface area (TPSA) is 75.6 Å². The van der Waals surface area contributed by atoms with Gasteiger partial charge in [0, 0.05) is 12.5 Å². The van der Waals surface area contributed by atoms with Gasteiger partial charge in [0.2, 0.25) is 5.91 Å². The highest BCUT2D eigenvalue weighted by Crippen LogP contribution is 2.43. The number of fused-ring (bicyclic) bond motifs is 2. The van der Waals surface area contributed by atoms with Crippen LogP contribution in [0, 0.1) is 11.8 Å². The van der Waals surface area contributed by atoms with Gasteiger partial charge in [0.1, 0.15) is 0 Å². The van der Waals surface area contributed by atoms with Gasteiger partial charge < -0.3 is 15.2 Å². The van der Waals surface area contributed by atoms with Gasteiger partial charge in [-0.15, -0.1) is 0 Å². The summed E-state index contributed by atoms with van der Waals surface area (Å²) in [6.07, 6.45) is 1.67. The number of benzene rings is 2. The first-order chi connectivity index (χ1) is 13.6. The Kier molecular flexibility index (Phi) is 5.44. The molecular formula is C23H25NO4. The van der Waals surface area contributed by atoms with Crippen LogP contribution in [-0.4, -0.2) is 35.7 Å². The van der Waals surface area contributed by atoms with E-state index in [1.807, 2.05) is 36.4 Å². The number of ether oxygens (including phenoxy) is 1. The number of carbonyl (C=O) groups excluding carboxylic acids is 1. The Labute approximate surface area is 164 Å². The second-order valence-electron chi connectivity index (χ2n) is 7.63. The molecule has 5 nitrogen and oxygen atoms in total. The van der Waals surface area contributed by atoms with Crippen LogP contribution < -0.4 is 5.32 Å². The van der Waals surface area contributed by atoms with E-state index in [4.69, 9.17) is 4.74 Å². The quantitative estimate of drug-likeness (QED) is 0.775. The fourth-order valence-corrected chi connectivity index (χ4v) is 4.68. The van der Waals surface area contributed by atoms with Crippen LogP contribution in [0.3, 0.4) is 0 Å². The summed E-state index contributed by atoms with van der Waals surface area (Å²) in [5.41, 5.74) is 2.41. The molecule has 0 aromatic heterocycles. The van der Waals surface area contributed by atoms with Gasteiger partial charge in [-0.1, -0.05) is 60.7 Å². The van der Waals surface area contributed by atoms with Crippen molar-refractivity contribution in [2.24, 2.45) is 11.8 Å². The van der Waals surface area contributed by atoms with Crippen LogP contribution in [0.2, 0.25) is 0 Å². The Morgan fingerprint density at radius 3 is 2.00 bits per heavy atom. The van der Waals surface area contributed by atoms with Gasteiger partial charge in [-0.25, -0.2) is 0 Å². The van der Waals surface area contributed by atoms with Gasteiger partial charge in [0.05, 0.1) is 24.0 Å². The van der Waals surface area contributed by atoms with Crippen LogP contribution in [0.5, 0.6) is 0 Å². The Bertz CT molecular complexity index is 784. The summed E-state index contributed by atoms with van der Waals surface area (Å²) in [5, 5.41) is 12.5. The lowest BCUT2D eigenvalue weighted by Gasteiger charge is -2.24. The molecule has 2 aliphatic heterocycles. The van der Waals surface area contributed by atoms with Crippen LogP contribution in [0.25, 0.3) is 0 Å². The lowest BCUT2D eigenvalue weighted by atomic mass is 9.78. The molecular weight excluding hydrogens is 354 g/mol. The highest BCUT2D eigenvalue weighted by molar-refractivity contribution is 5.86. The Morgan fingerprint density at radius 1 is 0.929 bits per heavy atom. The van der Waals surface area contributed by atoms with Crippen molar-refractivity contribution in [1.29, 1.82) is 0 Å². The number of hydrogen-bond donors (Lipinski definition) is 2. The average Bonchev–Trinajstić information content (AvgIpc) is 3.34. The maximum absolute atomic E-state index is 12.8. The summed E-state index contributed by atoms with van der Waals surface area (Å²) in [6.45, 7) is 0.494. The number of amides is 1. The van der Waals surface area contributed by atoms with E-state index in [2.05, 4.69) is 29.6 Å². The zero-order valence-electron chi connectivity index (χ0n) is 15.7. The van der Waals surface area contributed by atoms with E-state index in [0.29, 0.717) is 6.54 Å². The van der Waals surface area contributed by atoms with Gasteiger partial charge in [-0.3, -0.25) is 9.59 Å². The number of hydrogen-bond acceptors (Lipinski definition) is 3. The third-order valence-corrected chi connectivity index (χ3v) is 6.00. The lowest BCUT2D eigenvalue weighted by Crippen LogP contribution is -2.44. The molecule has 5 heteroatoms. The summed E-state index contributed by atoms with van der Waals surface area (Å²) in [7, 11) is 0. The summed E-state index contributed by atoms with van der Waals surface area (Å²) < 4.78 is 5.70. The molecule has 2 aliphatic rings. The number of nitrogens with one attached hydrogen (secondary N) is 1. The molecule has 0 unspecified atom stereocenters. The van der Waals surface area contributed by atoms with Crippen LogP contribution in [0.15, 0.2) is 60.7 Å². The fourth-order valence-electron chi connectivity index (χ4n) is 4.68. The van der Waals surface area contributed by atoms with Crippen molar-refractivity contribution in [1.82, 2.24) is 5.32 Å². The monoisotopic (exact) mass is 379 g/mol. The standard InChI is InChI=1S/C23H25NO4/c25-22(20-18-11-12-19(28-18)21(20)23(26)27)24-14-13-17(15-7-3-1-4-8-15)16-9-5-2-6-10-16/h1-10,17-21H,11-14H2,(H,24,25)(H,26,27)/t18-,19-,20-,21-/m1/s1. The summed E-state index contributed by atoms with van der Waals surface area (Å²) >= 11 is 0. The SMILES string of the molecule is O=C(O)[C@H]1[C@H](C(=O)NCCC(c2ccccc2)c2ccccc2)[C@H]2CC[C@H]1O2. The molecule has 1 amide bonds. The largest absolute Gasteiger partial charge is 0.481 e. The summed E-state index contributed by atoms with van der Waals surface area (Å²) in [5.74, 6) is -2.26. The molecule has 146 valence electrons. The summed E-state index contributed by atoms with van der Waals surface area (Å²) in [4.78, 5) is 24.3. The number of carbonyl (C=O) groups is 2. The van der Waals surface area contributed by atoms with Crippen molar-refractivity contribution in [3.8, 4) is 0 Å². The van der Waals surface area contributed by atoms with Crippen molar-refractivity contribution in [2.75, 3.05) is 6.54 Å². The fraction of sp³-hybridized carbons (Fsp3) is 0.391. The smallest absolute Gasteiger partial charge is 0.310 e. The minimum absolute atomic E-state index is 0.175. The van der Waals surface area contributed by atoms with Gasteiger partial charge in [0.15, 0.2) is 0 Å². The minimum atomic E-state index is -0.932. The minimum Gasteiger partial charge on any atom is -0.481 e. The van der Waals surface area contributed by atoms with Crippen molar-refractivity contribution in [3.05, 3.63) is 71.8 Å². The lowest BCUT2D eigenvalue weighted by molar-refractivity contribution is -0.147. The van der Waals surface area contributed by atoms with E-state index in [9.17, 15) is 14.7 Å². The molecule has 2 aromatic carbocycles. The van der Waals surface area contributed by atoms with E-state index >= 15 is 0 Å². The second kappa shape index (κ2) is 8.15. The van der Waals surface area contributed by atoms with Crippen molar-refractivity contribution >= 4 is 11.9 Å². The molecule has 4 rings (SSSR count). The van der Waals surface area contributed by atoms with Gasteiger partial charge in [-0.05, 0) is 30.4 Å². The maximum Gasteiger partial charge on any atom is 0.310 e. The van der Waals surface area contributed by atoms with Gasteiger partial charge in [-0.2, -0.15) is 0 Å². The molecule has 2 saturated heterocycles. The normalized spacial score (nSPS) is 25.8. The van der Waals surface area contributed by atoms with E-state index in [1.54, 1.807) is 0 Å². The van der Waals surface area contributed by atoms with Crippen molar-refractivity contribution in [2.45, 2.75) is 37.4 Å². The molecule has 2 fully saturated rings. The molecule has 0 saturated carbocycles.